The fourth-order valence-electron chi connectivity index (χ4n) is 4.53. The minimum atomic E-state index is -3.59. The second kappa shape index (κ2) is 9.52. The smallest absolute Gasteiger partial charge is 0.243 e. The minimum Gasteiger partial charge on any atom is -0.497 e. The van der Waals surface area contributed by atoms with E-state index in [9.17, 15) is 18.0 Å². The van der Waals surface area contributed by atoms with Crippen LogP contribution < -0.4 is 15.0 Å². The number of carbonyl (C=O) groups excluding carboxylic acids is 2. The third kappa shape index (κ3) is 4.74. The van der Waals surface area contributed by atoms with E-state index in [1.807, 2.05) is 24.3 Å². The molecule has 0 unspecified atom stereocenters. The van der Waals surface area contributed by atoms with Crippen molar-refractivity contribution in [3.8, 4) is 5.75 Å². The van der Waals surface area contributed by atoms with E-state index >= 15 is 0 Å². The minimum absolute atomic E-state index is 0.212. The Bertz CT molecular complexity index is 1160. The molecule has 2 aliphatic heterocycles. The number of nitrogens with one attached hydrogen (secondary N) is 1. The van der Waals surface area contributed by atoms with Crippen molar-refractivity contribution < 1.29 is 22.7 Å². The molecule has 2 amide bonds. The molecule has 1 saturated heterocycles. The third-order valence-electron chi connectivity index (χ3n) is 6.23. The van der Waals surface area contributed by atoms with Crippen LogP contribution in [0.2, 0.25) is 0 Å². The monoisotopic (exact) mass is 471 g/mol. The molecular formula is C24H29N3O5S. The number of rotatable bonds is 6. The Morgan fingerprint density at radius 1 is 1.09 bits per heavy atom. The molecule has 2 heterocycles. The quantitative estimate of drug-likeness (QED) is 0.698. The largest absolute Gasteiger partial charge is 0.497 e. The van der Waals surface area contributed by atoms with E-state index in [0.717, 1.165) is 24.8 Å². The van der Waals surface area contributed by atoms with Crippen LogP contribution >= 0.6 is 0 Å². The van der Waals surface area contributed by atoms with Gasteiger partial charge >= 0.3 is 0 Å². The topological polar surface area (TPSA) is 96.0 Å². The molecule has 33 heavy (non-hydrogen) atoms. The summed E-state index contributed by atoms with van der Waals surface area (Å²) in [5.41, 5.74) is 2.15. The van der Waals surface area contributed by atoms with E-state index in [-0.39, 0.29) is 23.1 Å². The standard InChI is InChI=1S/C24H29N3O5S/c1-17(28)27-22-10-9-21(33(30,31)26-11-4-3-5-12-26)14-19(22)15-23(27)24(29)25-16-18-7-6-8-20(13-18)32-2/h6-10,13-14,23H,3-5,11-12,15-16H2,1-2H3,(H,25,29)/t23-/m0/s1. The number of nitrogens with zero attached hydrogens (tertiary/aromatic N) is 2. The van der Waals surface area contributed by atoms with E-state index < -0.39 is 16.1 Å². The average Bonchev–Trinajstić information content (AvgIpc) is 3.22. The first kappa shape index (κ1) is 23.3. The summed E-state index contributed by atoms with van der Waals surface area (Å²) >= 11 is 0. The number of sulfonamides is 1. The van der Waals surface area contributed by atoms with E-state index in [0.29, 0.717) is 36.6 Å². The highest BCUT2D eigenvalue weighted by atomic mass is 32.2. The highest BCUT2D eigenvalue weighted by Crippen LogP contribution is 2.35. The van der Waals surface area contributed by atoms with Crippen molar-refractivity contribution in [1.29, 1.82) is 0 Å². The fourth-order valence-corrected chi connectivity index (χ4v) is 6.10. The lowest BCUT2D eigenvalue weighted by Gasteiger charge is -2.26. The molecule has 1 N–H and O–H groups in total. The van der Waals surface area contributed by atoms with Gasteiger partial charge in [-0.25, -0.2) is 8.42 Å². The van der Waals surface area contributed by atoms with Crippen LogP contribution in [0.3, 0.4) is 0 Å². The number of anilines is 1. The van der Waals surface area contributed by atoms with Crippen LogP contribution in [0.15, 0.2) is 47.4 Å². The summed E-state index contributed by atoms with van der Waals surface area (Å²) in [5, 5.41) is 2.89. The normalized spacial score (nSPS) is 18.6. The van der Waals surface area contributed by atoms with Gasteiger partial charge in [0.15, 0.2) is 0 Å². The molecule has 176 valence electrons. The van der Waals surface area contributed by atoms with Crippen LogP contribution in [0.25, 0.3) is 0 Å². The van der Waals surface area contributed by atoms with Crippen molar-refractivity contribution in [2.24, 2.45) is 0 Å². The Morgan fingerprint density at radius 3 is 2.55 bits per heavy atom. The summed E-state index contributed by atoms with van der Waals surface area (Å²) in [5.74, 6) is 0.148. The van der Waals surface area contributed by atoms with E-state index in [1.165, 1.54) is 22.2 Å². The highest BCUT2D eigenvalue weighted by molar-refractivity contribution is 7.89. The van der Waals surface area contributed by atoms with Gasteiger partial charge in [0.25, 0.3) is 0 Å². The highest BCUT2D eigenvalue weighted by Gasteiger charge is 2.38. The predicted molar refractivity (Wildman–Crippen MR) is 125 cm³/mol. The number of piperidine rings is 1. The molecule has 1 atom stereocenters. The van der Waals surface area contributed by atoms with Gasteiger partial charge in [0, 0.05) is 38.7 Å². The second-order valence-electron chi connectivity index (χ2n) is 8.43. The summed E-state index contributed by atoms with van der Waals surface area (Å²) in [6.07, 6.45) is 3.02. The maximum atomic E-state index is 13.1. The van der Waals surface area contributed by atoms with Crippen LogP contribution in [0.1, 0.15) is 37.3 Å². The molecule has 0 aliphatic carbocycles. The maximum Gasteiger partial charge on any atom is 0.243 e. The molecule has 0 spiro atoms. The van der Waals surface area contributed by atoms with Crippen molar-refractivity contribution in [3.05, 3.63) is 53.6 Å². The number of benzene rings is 2. The fraction of sp³-hybridized carbons (Fsp3) is 0.417. The molecule has 2 aromatic rings. The summed E-state index contributed by atoms with van der Waals surface area (Å²) in [7, 11) is -2.01. The molecule has 0 saturated carbocycles. The van der Waals surface area contributed by atoms with Gasteiger partial charge in [0.1, 0.15) is 11.8 Å². The zero-order valence-corrected chi connectivity index (χ0v) is 19.7. The number of methoxy groups -OCH3 is 1. The molecule has 9 heteroatoms. The zero-order valence-electron chi connectivity index (χ0n) is 18.9. The molecular weight excluding hydrogens is 442 g/mol. The summed E-state index contributed by atoms with van der Waals surface area (Å²) in [6, 6.07) is 11.5. The van der Waals surface area contributed by atoms with Gasteiger partial charge in [0.2, 0.25) is 21.8 Å². The number of hydrogen-bond acceptors (Lipinski definition) is 5. The molecule has 4 rings (SSSR count). The van der Waals surface area contributed by atoms with Crippen LogP contribution in [0.4, 0.5) is 5.69 Å². The first-order valence-corrected chi connectivity index (χ1v) is 12.6. The van der Waals surface area contributed by atoms with E-state index in [4.69, 9.17) is 4.74 Å². The first-order chi connectivity index (χ1) is 15.8. The van der Waals surface area contributed by atoms with Crippen molar-refractivity contribution in [3.63, 3.8) is 0 Å². The molecule has 0 aromatic heterocycles. The lowest BCUT2D eigenvalue weighted by atomic mass is 10.1. The Kier molecular flexibility index (Phi) is 6.71. The maximum absolute atomic E-state index is 13.1. The van der Waals surface area contributed by atoms with Crippen LogP contribution in [0.5, 0.6) is 5.75 Å². The number of carbonyl (C=O) groups is 2. The Balaban J connectivity index is 1.53. The van der Waals surface area contributed by atoms with Crippen molar-refractivity contribution >= 4 is 27.5 Å². The predicted octanol–water partition coefficient (Wildman–Crippen LogP) is 2.46. The van der Waals surface area contributed by atoms with E-state index in [1.54, 1.807) is 19.2 Å². The Labute approximate surface area is 194 Å². The van der Waals surface area contributed by atoms with Gasteiger partial charge in [-0.05, 0) is 54.3 Å². The lowest BCUT2D eigenvalue weighted by Crippen LogP contribution is -2.47. The van der Waals surface area contributed by atoms with Gasteiger partial charge < -0.3 is 10.1 Å². The van der Waals surface area contributed by atoms with Gasteiger partial charge in [-0.15, -0.1) is 0 Å². The van der Waals surface area contributed by atoms with Crippen LogP contribution in [-0.2, 0) is 32.6 Å². The van der Waals surface area contributed by atoms with Crippen molar-refractivity contribution in [2.75, 3.05) is 25.1 Å². The Hall–Kier alpha value is -2.91. The number of amides is 2. The van der Waals surface area contributed by atoms with Gasteiger partial charge in [-0.1, -0.05) is 18.6 Å². The molecule has 2 aliphatic rings. The van der Waals surface area contributed by atoms with Gasteiger partial charge in [0.05, 0.1) is 12.0 Å². The first-order valence-electron chi connectivity index (χ1n) is 11.1. The number of ether oxygens (including phenoxy) is 1. The summed E-state index contributed by atoms with van der Waals surface area (Å²) < 4.78 is 32.9. The van der Waals surface area contributed by atoms with Crippen LogP contribution in [-0.4, -0.2) is 50.8 Å². The van der Waals surface area contributed by atoms with Crippen molar-refractivity contribution in [1.82, 2.24) is 9.62 Å². The lowest BCUT2D eigenvalue weighted by molar-refractivity contribution is -0.125. The summed E-state index contributed by atoms with van der Waals surface area (Å²) in [4.78, 5) is 27.1. The number of hydrogen-bond donors (Lipinski definition) is 1. The van der Waals surface area contributed by atoms with Crippen LogP contribution in [0, 0.1) is 0 Å². The molecule has 8 nitrogen and oxygen atoms in total. The SMILES string of the molecule is COc1cccc(CNC(=O)[C@@H]2Cc3cc(S(=O)(=O)N4CCCCC4)ccc3N2C(C)=O)c1. The molecule has 0 bridgehead atoms. The second-order valence-corrected chi connectivity index (χ2v) is 10.4. The molecule has 2 aromatic carbocycles. The molecule has 1 fully saturated rings. The Morgan fingerprint density at radius 2 is 1.85 bits per heavy atom. The van der Waals surface area contributed by atoms with Gasteiger partial charge in [-0.3, -0.25) is 14.5 Å². The zero-order chi connectivity index (χ0) is 23.6. The number of fused-ring (bicyclic) bond motifs is 1. The van der Waals surface area contributed by atoms with E-state index in [2.05, 4.69) is 5.32 Å². The molecule has 0 radical (unpaired) electrons. The third-order valence-corrected chi connectivity index (χ3v) is 8.13. The van der Waals surface area contributed by atoms with Gasteiger partial charge in [-0.2, -0.15) is 4.31 Å². The van der Waals surface area contributed by atoms with Crippen molar-refractivity contribution in [2.45, 2.75) is 50.1 Å². The summed E-state index contributed by atoms with van der Waals surface area (Å²) in [6.45, 7) is 2.75. The average molecular weight is 472 g/mol.